The van der Waals surface area contributed by atoms with Crippen LogP contribution in [0.1, 0.15) is 25.7 Å². The Bertz CT molecular complexity index is 410. The number of fused-ring (bicyclic) bond motifs is 2. The Labute approximate surface area is 108 Å². The van der Waals surface area contributed by atoms with Crippen LogP contribution in [0.2, 0.25) is 0 Å². The number of hydrogen-bond acceptors (Lipinski definition) is 4. The lowest BCUT2D eigenvalue weighted by atomic mass is 9.88. The van der Waals surface area contributed by atoms with E-state index in [-0.39, 0.29) is 11.8 Å². The van der Waals surface area contributed by atoms with Crippen LogP contribution >= 0.6 is 0 Å². The standard InChI is InChI=1S/C11H21N3O3S/c1-18(16,17)13-6-2-5-12-11(15)9-7-8-3-4-10(9)14-8/h8-10,13-14H,2-7H2,1H3,(H,12,15). The van der Waals surface area contributed by atoms with Gasteiger partial charge in [0.1, 0.15) is 0 Å². The summed E-state index contributed by atoms with van der Waals surface area (Å²) in [6.07, 6.45) is 4.97. The van der Waals surface area contributed by atoms with Crippen molar-refractivity contribution in [3.05, 3.63) is 0 Å². The van der Waals surface area contributed by atoms with Gasteiger partial charge in [-0.15, -0.1) is 0 Å². The van der Waals surface area contributed by atoms with Gasteiger partial charge in [-0.3, -0.25) is 4.79 Å². The predicted octanol–water partition coefficient (Wildman–Crippen LogP) is -0.818. The molecule has 0 aromatic rings. The zero-order valence-corrected chi connectivity index (χ0v) is 11.4. The highest BCUT2D eigenvalue weighted by Gasteiger charge is 2.42. The van der Waals surface area contributed by atoms with E-state index in [4.69, 9.17) is 0 Å². The van der Waals surface area contributed by atoms with Gasteiger partial charge in [-0.1, -0.05) is 0 Å². The smallest absolute Gasteiger partial charge is 0.224 e. The van der Waals surface area contributed by atoms with E-state index in [0.29, 0.717) is 31.6 Å². The predicted molar refractivity (Wildman–Crippen MR) is 68.5 cm³/mol. The number of rotatable bonds is 6. The van der Waals surface area contributed by atoms with Crippen molar-refractivity contribution in [2.75, 3.05) is 19.3 Å². The molecule has 7 heteroatoms. The summed E-state index contributed by atoms with van der Waals surface area (Å²) in [7, 11) is -3.12. The Morgan fingerprint density at radius 2 is 2.11 bits per heavy atom. The number of amides is 1. The summed E-state index contributed by atoms with van der Waals surface area (Å²) in [4.78, 5) is 11.9. The van der Waals surface area contributed by atoms with Gasteiger partial charge in [0.05, 0.1) is 12.2 Å². The molecule has 3 N–H and O–H groups in total. The first-order valence-corrected chi connectivity index (χ1v) is 8.33. The highest BCUT2D eigenvalue weighted by molar-refractivity contribution is 7.88. The van der Waals surface area contributed by atoms with Crippen LogP contribution < -0.4 is 15.4 Å². The van der Waals surface area contributed by atoms with Gasteiger partial charge in [-0.05, 0) is 25.7 Å². The van der Waals surface area contributed by atoms with Gasteiger partial charge in [0.2, 0.25) is 15.9 Å². The average Bonchev–Trinajstić information content (AvgIpc) is 2.88. The molecule has 2 rings (SSSR count). The largest absolute Gasteiger partial charge is 0.356 e. The number of carbonyl (C=O) groups is 1. The summed E-state index contributed by atoms with van der Waals surface area (Å²) in [5.74, 6) is 0.209. The van der Waals surface area contributed by atoms with Gasteiger partial charge < -0.3 is 10.6 Å². The third kappa shape index (κ3) is 3.66. The lowest BCUT2D eigenvalue weighted by Crippen LogP contribution is -2.38. The van der Waals surface area contributed by atoms with Crippen LogP contribution in [0.25, 0.3) is 0 Å². The minimum absolute atomic E-state index is 0.103. The second kappa shape index (κ2) is 5.54. The maximum Gasteiger partial charge on any atom is 0.224 e. The molecule has 3 unspecified atom stereocenters. The van der Waals surface area contributed by atoms with Gasteiger partial charge in [0, 0.05) is 25.2 Å². The quantitative estimate of drug-likeness (QED) is 0.553. The van der Waals surface area contributed by atoms with E-state index in [1.54, 1.807) is 0 Å². The second-order valence-corrected chi connectivity index (χ2v) is 7.03. The van der Waals surface area contributed by atoms with E-state index in [9.17, 15) is 13.2 Å². The third-order valence-electron chi connectivity index (χ3n) is 3.65. The first-order valence-electron chi connectivity index (χ1n) is 6.44. The van der Waals surface area contributed by atoms with Gasteiger partial charge in [0.15, 0.2) is 0 Å². The third-order valence-corrected chi connectivity index (χ3v) is 4.38. The van der Waals surface area contributed by atoms with E-state index in [1.165, 1.54) is 6.42 Å². The van der Waals surface area contributed by atoms with Crippen molar-refractivity contribution < 1.29 is 13.2 Å². The topological polar surface area (TPSA) is 87.3 Å². The SMILES string of the molecule is CS(=O)(=O)NCCCNC(=O)C1CC2CCC1N2. The normalized spacial score (nSPS) is 30.6. The summed E-state index contributed by atoms with van der Waals surface area (Å²) >= 11 is 0. The Hall–Kier alpha value is -0.660. The number of hydrogen-bond donors (Lipinski definition) is 3. The molecule has 0 aromatic carbocycles. The molecule has 0 aliphatic carbocycles. The van der Waals surface area contributed by atoms with E-state index in [0.717, 1.165) is 19.1 Å². The molecule has 18 heavy (non-hydrogen) atoms. The molecule has 2 fully saturated rings. The van der Waals surface area contributed by atoms with E-state index >= 15 is 0 Å². The van der Waals surface area contributed by atoms with E-state index in [2.05, 4.69) is 15.4 Å². The van der Waals surface area contributed by atoms with Gasteiger partial charge in [-0.25, -0.2) is 13.1 Å². The Kier molecular flexibility index (Phi) is 4.24. The fourth-order valence-electron chi connectivity index (χ4n) is 2.80. The average molecular weight is 275 g/mol. The van der Waals surface area contributed by atoms with Crippen LogP contribution in [0.4, 0.5) is 0 Å². The fourth-order valence-corrected chi connectivity index (χ4v) is 3.32. The van der Waals surface area contributed by atoms with Crippen LogP contribution in [0.3, 0.4) is 0 Å². The first-order chi connectivity index (χ1) is 8.46. The van der Waals surface area contributed by atoms with Crippen LogP contribution in [0.5, 0.6) is 0 Å². The molecule has 2 aliphatic rings. The van der Waals surface area contributed by atoms with E-state index < -0.39 is 10.0 Å². The minimum Gasteiger partial charge on any atom is -0.356 e. The van der Waals surface area contributed by atoms with Crippen LogP contribution in [-0.4, -0.2) is 45.8 Å². The maximum absolute atomic E-state index is 11.9. The van der Waals surface area contributed by atoms with Gasteiger partial charge in [0.25, 0.3) is 0 Å². The summed E-state index contributed by atoms with van der Waals surface area (Å²) in [5.41, 5.74) is 0. The van der Waals surface area contributed by atoms with Crippen LogP contribution in [-0.2, 0) is 14.8 Å². The Morgan fingerprint density at radius 3 is 2.67 bits per heavy atom. The molecule has 0 spiro atoms. The summed E-state index contributed by atoms with van der Waals surface area (Å²) < 4.78 is 24.0. The molecule has 104 valence electrons. The molecular formula is C11H21N3O3S. The molecule has 2 aliphatic heterocycles. The fraction of sp³-hybridized carbons (Fsp3) is 0.909. The lowest BCUT2D eigenvalue weighted by Gasteiger charge is -2.19. The molecule has 1 amide bonds. The van der Waals surface area contributed by atoms with E-state index in [1.807, 2.05) is 0 Å². The molecule has 0 radical (unpaired) electrons. The van der Waals surface area contributed by atoms with Gasteiger partial charge in [-0.2, -0.15) is 0 Å². The lowest BCUT2D eigenvalue weighted by molar-refractivity contribution is -0.125. The summed E-state index contributed by atoms with van der Waals surface area (Å²) in [5, 5.41) is 6.31. The van der Waals surface area contributed by atoms with Crippen molar-refractivity contribution in [2.45, 2.75) is 37.8 Å². The van der Waals surface area contributed by atoms with Crippen molar-refractivity contribution in [1.82, 2.24) is 15.4 Å². The molecule has 0 aromatic heterocycles. The number of carbonyl (C=O) groups excluding carboxylic acids is 1. The van der Waals surface area contributed by atoms with Crippen molar-refractivity contribution in [2.24, 2.45) is 5.92 Å². The van der Waals surface area contributed by atoms with Gasteiger partial charge >= 0.3 is 0 Å². The highest BCUT2D eigenvalue weighted by atomic mass is 32.2. The molecule has 2 bridgehead atoms. The summed E-state index contributed by atoms with van der Waals surface area (Å²) in [6, 6.07) is 0.877. The monoisotopic (exact) mass is 275 g/mol. The Morgan fingerprint density at radius 1 is 1.33 bits per heavy atom. The maximum atomic E-state index is 11.9. The molecule has 2 saturated heterocycles. The highest BCUT2D eigenvalue weighted by Crippen LogP contribution is 2.33. The van der Waals surface area contributed by atoms with Crippen molar-refractivity contribution in [1.29, 1.82) is 0 Å². The second-order valence-electron chi connectivity index (χ2n) is 5.20. The molecule has 6 nitrogen and oxygen atoms in total. The first kappa shape index (κ1) is 13.8. The molecule has 2 heterocycles. The van der Waals surface area contributed by atoms with Crippen molar-refractivity contribution in [3.63, 3.8) is 0 Å². The van der Waals surface area contributed by atoms with Crippen LogP contribution in [0.15, 0.2) is 0 Å². The molecule has 3 atom stereocenters. The summed E-state index contributed by atoms with van der Waals surface area (Å²) in [6.45, 7) is 0.892. The molecular weight excluding hydrogens is 254 g/mol. The zero-order chi connectivity index (χ0) is 13.2. The zero-order valence-electron chi connectivity index (χ0n) is 10.6. The Balaban J connectivity index is 1.61. The number of sulfonamides is 1. The molecule has 0 saturated carbocycles. The number of nitrogens with one attached hydrogen (secondary N) is 3. The van der Waals surface area contributed by atoms with Crippen molar-refractivity contribution >= 4 is 15.9 Å². The van der Waals surface area contributed by atoms with Crippen molar-refractivity contribution in [3.8, 4) is 0 Å². The minimum atomic E-state index is -3.12. The van der Waals surface area contributed by atoms with Crippen LogP contribution in [0, 0.1) is 5.92 Å².